The fraction of sp³-hybridized carbons (Fsp3) is 0.571. The number of primary amides is 1. The summed E-state index contributed by atoms with van der Waals surface area (Å²) in [5.41, 5.74) is 7.33. The van der Waals surface area contributed by atoms with Gasteiger partial charge in [-0.1, -0.05) is 13.3 Å². The number of unbranched alkanes of at least 4 members (excludes halogenated alkanes) is 1. The van der Waals surface area contributed by atoms with Crippen LogP contribution in [0.2, 0.25) is 0 Å². The van der Waals surface area contributed by atoms with Crippen LogP contribution >= 0.6 is 0 Å². The fourth-order valence-corrected chi connectivity index (χ4v) is 2.27. The van der Waals surface area contributed by atoms with Gasteiger partial charge in [0.15, 0.2) is 5.82 Å². The second kappa shape index (κ2) is 6.51. The van der Waals surface area contributed by atoms with Crippen molar-refractivity contribution in [3.05, 3.63) is 29.1 Å². The van der Waals surface area contributed by atoms with Crippen LogP contribution in [-0.2, 0) is 31.2 Å². The van der Waals surface area contributed by atoms with Gasteiger partial charge in [0.1, 0.15) is 5.82 Å². The second-order valence-corrected chi connectivity index (χ2v) is 5.25. The number of hydrogen-bond donors (Lipinski definition) is 1. The molecule has 2 aromatic heterocycles. The van der Waals surface area contributed by atoms with Crippen LogP contribution in [0.5, 0.6) is 0 Å². The van der Waals surface area contributed by atoms with Crippen LogP contribution in [0, 0.1) is 6.92 Å². The Labute approximate surface area is 124 Å². The molecule has 0 aromatic carbocycles. The predicted molar refractivity (Wildman–Crippen MR) is 78.6 cm³/mol. The molecule has 7 nitrogen and oxygen atoms in total. The zero-order valence-corrected chi connectivity index (χ0v) is 12.8. The predicted octanol–water partition coefficient (Wildman–Crippen LogP) is 0.739. The Morgan fingerprint density at radius 2 is 2.14 bits per heavy atom. The third kappa shape index (κ3) is 3.90. The molecule has 0 saturated heterocycles. The average Bonchev–Trinajstić information content (AvgIpc) is 2.90. The van der Waals surface area contributed by atoms with Gasteiger partial charge >= 0.3 is 0 Å². The summed E-state index contributed by atoms with van der Waals surface area (Å²) in [7, 11) is 1.90. The maximum Gasteiger partial charge on any atom is 0.225 e. The highest BCUT2D eigenvalue weighted by atomic mass is 16.1. The van der Waals surface area contributed by atoms with Crippen LogP contribution in [0.4, 0.5) is 0 Å². The minimum atomic E-state index is -0.410. The van der Waals surface area contributed by atoms with Crippen LogP contribution in [0.3, 0.4) is 0 Å². The third-order valence-electron chi connectivity index (χ3n) is 3.31. The lowest BCUT2D eigenvalue weighted by Crippen LogP contribution is -2.14. The van der Waals surface area contributed by atoms with E-state index in [2.05, 4.69) is 22.1 Å². The van der Waals surface area contributed by atoms with Gasteiger partial charge in [-0.3, -0.25) is 9.48 Å². The molecule has 0 radical (unpaired) electrons. The third-order valence-corrected chi connectivity index (χ3v) is 3.31. The summed E-state index contributed by atoms with van der Waals surface area (Å²) in [6.07, 6.45) is 4.84. The molecule has 7 heteroatoms. The van der Waals surface area contributed by atoms with Gasteiger partial charge in [-0.25, -0.2) is 9.67 Å². The zero-order valence-electron chi connectivity index (χ0n) is 12.8. The molecular formula is C14H22N6O. The summed E-state index contributed by atoms with van der Waals surface area (Å²) >= 11 is 0. The van der Waals surface area contributed by atoms with E-state index in [-0.39, 0.29) is 6.42 Å². The molecule has 21 heavy (non-hydrogen) atoms. The largest absolute Gasteiger partial charge is 0.369 e. The Hall–Kier alpha value is -2.18. The van der Waals surface area contributed by atoms with E-state index in [0.717, 1.165) is 36.5 Å². The minimum Gasteiger partial charge on any atom is -0.369 e. The first kappa shape index (κ1) is 15.2. The van der Waals surface area contributed by atoms with E-state index in [1.807, 2.05) is 24.9 Å². The van der Waals surface area contributed by atoms with Crippen molar-refractivity contribution in [1.29, 1.82) is 0 Å². The molecule has 0 aliphatic heterocycles. The van der Waals surface area contributed by atoms with Crippen LogP contribution in [0.15, 0.2) is 6.20 Å². The van der Waals surface area contributed by atoms with Crippen LogP contribution in [-0.4, -0.2) is 30.5 Å². The summed E-state index contributed by atoms with van der Waals surface area (Å²) in [5.74, 6) is 0.942. The second-order valence-electron chi connectivity index (χ2n) is 5.25. The van der Waals surface area contributed by atoms with Gasteiger partial charge in [-0.2, -0.15) is 10.2 Å². The number of rotatable bonds is 7. The number of hydrogen-bond acceptors (Lipinski definition) is 4. The van der Waals surface area contributed by atoms with Crippen molar-refractivity contribution in [3.63, 3.8) is 0 Å². The molecule has 0 fully saturated rings. The molecule has 0 saturated carbocycles. The van der Waals surface area contributed by atoms with Crippen molar-refractivity contribution in [2.24, 2.45) is 12.8 Å². The number of amides is 1. The van der Waals surface area contributed by atoms with E-state index in [1.165, 1.54) is 0 Å². The standard InChI is InChI=1S/C14H22N6O/c1-4-5-6-20-14(16-13(18-20)8-12(15)21)7-11-9-19(3)17-10(11)2/h9H,4-8H2,1-3H3,(H2,15,21). The summed E-state index contributed by atoms with van der Waals surface area (Å²) in [6, 6.07) is 0. The lowest BCUT2D eigenvalue weighted by atomic mass is 10.2. The normalized spacial score (nSPS) is 11.0. The maximum absolute atomic E-state index is 11.0. The van der Waals surface area contributed by atoms with Crippen molar-refractivity contribution in [3.8, 4) is 0 Å². The quantitative estimate of drug-likeness (QED) is 0.814. The number of nitrogens with zero attached hydrogens (tertiary/aromatic N) is 5. The minimum absolute atomic E-state index is 0.0815. The zero-order chi connectivity index (χ0) is 15.4. The van der Waals surface area contributed by atoms with Gasteiger partial charge in [0.25, 0.3) is 0 Å². The van der Waals surface area contributed by atoms with Gasteiger partial charge in [-0.15, -0.1) is 0 Å². The molecule has 0 unspecified atom stereocenters. The molecule has 0 spiro atoms. The summed E-state index contributed by atoms with van der Waals surface area (Å²) in [6.45, 7) is 4.91. The van der Waals surface area contributed by atoms with E-state index in [0.29, 0.717) is 12.2 Å². The molecular weight excluding hydrogens is 268 g/mol. The van der Waals surface area contributed by atoms with E-state index < -0.39 is 5.91 Å². The lowest BCUT2D eigenvalue weighted by molar-refractivity contribution is -0.117. The van der Waals surface area contributed by atoms with Gasteiger partial charge in [-0.05, 0) is 13.3 Å². The first-order valence-corrected chi connectivity index (χ1v) is 7.19. The SMILES string of the molecule is CCCCn1nc(CC(N)=O)nc1Cc1cn(C)nc1C. The van der Waals surface area contributed by atoms with Gasteiger partial charge < -0.3 is 5.73 Å². The molecule has 0 aliphatic rings. The van der Waals surface area contributed by atoms with Gasteiger partial charge in [0, 0.05) is 31.8 Å². The monoisotopic (exact) mass is 290 g/mol. The van der Waals surface area contributed by atoms with Crippen molar-refractivity contribution in [1.82, 2.24) is 24.5 Å². The Morgan fingerprint density at radius 3 is 2.71 bits per heavy atom. The van der Waals surface area contributed by atoms with Crippen molar-refractivity contribution in [2.45, 2.75) is 46.1 Å². The van der Waals surface area contributed by atoms with E-state index in [9.17, 15) is 4.79 Å². The summed E-state index contributed by atoms with van der Waals surface area (Å²) in [5, 5.41) is 8.74. The number of aryl methyl sites for hydroxylation is 3. The Morgan fingerprint density at radius 1 is 1.38 bits per heavy atom. The highest BCUT2D eigenvalue weighted by molar-refractivity contribution is 5.75. The number of nitrogens with two attached hydrogens (primary N) is 1. The first-order valence-electron chi connectivity index (χ1n) is 7.19. The molecule has 0 aliphatic carbocycles. The molecule has 2 aromatic rings. The van der Waals surface area contributed by atoms with E-state index in [4.69, 9.17) is 5.73 Å². The molecule has 0 atom stereocenters. The molecule has 2 rings (SSSR count). The maximum atomic E-state index is 11.0. The highest BCUT2D eigenvalue weighted by Crippen LogP contribution is 2.12. The topological polar surface area (TPSA) is 91.6 Å². The Balaban J connectivity index is 2.24. The van der Waals surface area contributed by atoms with Crippen molar-refractivity contribution >= 4 is 5.91 Å². The molecule has 0 bridgehead atoms. The fourth-order valence-electron chi connectivity index (χ4n) is 2.27. The highest BCUT2D eigenvalue weighted by Gasteiger charge is 2.14. The van der Waals surface area contributed by atoms with Gasteiger partial charge in [0.2, 0.25) is 5.91 Å². The smallest absolute Gasteiger partial charge is 0.225 e. The van der Waals surface area contributed by atoms with Crippen LogP contribution in [0.1, 0.15) is 42.7 Å². The molecule has 114 valence electrons. The van der Waals surface area contributed by atoms with E-state index >= 15 is 0 Å². The molecule has 2 heterocycles. The van der Waals surface area contributed by atoms with E-state index in [1.54, 1.807) is 4.68 Å². The molecule has 1 amide bonds. The lowest BCUT2D eigenvalue weighted by Gasteiger charge is -2.04. The van der Waals surface area contributed by atoms with Crippen LogP contribution in [0.25, 0.3) is 0 Å². The summed E-state index contributed by atoms with van der Waals surface area (Å²) < 4.78 is 3.68. The van der Waals surface area contributed by atoms with Crippen molar-refractivity contribution in [2.75, 3.05) is 0 Å². The Bertz CT molecular complexity index is 627. The summed E-state index contributed by atoms with van der Waals surface area (Å²) in [4.78, 5) is 15.5. The van der Waals surface area contributed by atoms with Gasteiger partial charge in [0.05, 0.1) is 12.1 Å². The number of aromatic nitrogens is 5. The van der Waals surface area contributed by atoms with Crippen LogP contribution < -0.4 is 5.73 Å². The molecule has 2 N–H and O–H groups in total. The average molecular weight is 290 g/mol. The number of carbonyl (C=O) groups is 1. The number of carbonyl (C=O) groups excluding carboxylic acids is 1. The first-order chi connectivity index (χ1) is 9.99. The van der Waals surface area contributed by atoms with Crippen molar-refractivity contribution < 1.29 is 4.79 Å². The Kier molecular flexibility index (Phi) is 4.72.